The molecule has 2 N–H and O–H groups in total. The van der Waals surface area contributed by atoms with Crippen LogP contribution in [-0.4, -0.2) is 38.1 Å². The Morgan fingerprint density at radius 1 is 1.15 bits per heavy atom. The highest BCUT2D eigenvalue weighted by Gasteiger charge is 2.10. The molecular formula is C19H22N2O5. The van der Waals surface area contributed by atoms with Crippen LogP contribution in [0.3, 0.4) is 0 Å². The molecule has 0 atom stereocenters. The molecule has 0 aliphatic rings. The molecular weight excluding hydrogens is 336 g/mol. The molecule has 0 spiro atoms. The van der Waals surface area contributed by atoms with Gasteiger partial charge >= 0.3 is 0 Å². The second-order valence-electron chi connectivity index (χ2n) is 5.34. The highest BCUT2D eigenvalue weighted by atomic mass is 16.5. The molecule has 0 fully saturated rings. The minimum Gasteiger partial charge on any atom is -0.507 e. The molecule has 0 bridgehead atoms. The highest BCUT2D eigenvalue weighted by molar-refractivity contribution is 5.95. The zero-order valence-electron chi connectivity index (χ0n) is 15.0. The summed E-state index contributed by atoms with van der Waals surface area (Å²) in [6.07, 6.45) is 2.24. The molecule has 0 heterocycles. The lowest BCUT2D eigenvalue weighted by Crippen LogP contribution is -2.17. The number of ether oxygens (including phenoxy) is 3. The van der Waals surface area contributed by atoms with Crippen LogP contribution in [0.2, 0.25) is 0 Å². The zero-order chi connectivity index (χ0) is 18.9. The molecule has 7 heteroatoms. The van der Waals surface area contributed by atoms with Crippen LogP contribution in [0.25, 0.3) is 0 Å². The molecule has 2 aromatic carbocycles. The molecule has 0 radical (unpaired) electrons. The number of hydrazone groups is 1. The Kier molecular flexibility index (Phi) is 6.84. The Morgan fingerprint density at radius 2 is 1.92 bits per heavy atom. The van der Waals surface area contributed by atoms with Crippen LogP contribution in [0.15, 0.2) is 41.5 Å². The summed E-state index contributed by atoms with van der Waals surface area (Å²) < 4.78 is 15.7. The maximum Gasteiger partial charge on any atom is 0.271 e. The summed E-state index contributed by atoms with van der Waals surface area (Å²) in [6, 6.07) is 9.69. The Bertz CT molecular complexity index is 789. The van der Waals surface area contributed by atoms with Gasteiger partial charge in [0.15, 0.2) is 11.5 Å². The van der Waals surface area contributed by atoms with E-state index in [0.717, 1.165) is 6.42 Å². The SMILES string of the molecule is CCCOc1ccc(/C=N/NC(=O)c2ccc(OC)c(OC)c2)c(O)c1. The van der Waals surface area contributed by atoms with Crippen molar-refractivity contribution in [2.45, 2.75) is 13.3 Å². The molecule has 0 aromatic heterocycles. The number of hydrogen-bond donors (Lipinski definition) is 2. The van der Waals surface area contributed by atoms with Crippen molar-refractivity contribution in [3.63, 3.8) is 0 Å². The normalized spacial score (nSPS) is 10.6. The van der Waals surface area contributed by atoms with E-state index >= 15 is 0 Å². The molecule has 0 aliphatic carbocycles. The minimum atomic E-state index is -0.412. The van der Waals surface area contributed by atoms with Crippen molar-refractivity contribution < 1.29 is 24.1 Å². The first-order chi connectivity index (χ1) is 12.6. The van der Waals surface area contributed by atoms with Crippen LogP contribution in [0.5, 0.6) is 23.0 Å². The summed E-state index contributed by atoms with van der Waals surface area (Å²) in [5, 5.41) is 13.9. The molecule has 2 aromatic rings. The third-order valence-corrected chi connectivity index (χ3v) is 3.49. The van der Waals surface area contributed by atoms with E-state index in [0.29, 0.717) is 35.0 Å². The van der Waals surface area contributed by atoms with Crippen molar-refractivity contribution >= 4 is 12.1 Å². The van der Waals surface area contributed by atoms with E-state index in [2.05, 4.69) is 10.5 Å². The van der Waals surface area contributed by atoms with Crippen molar-refractivity contribution in [2.24, 2.45) is 5.10 Å². The molecule has 2 rings (SSSR count). The fraction of sp³-hybridized carbons (Fsp3) is 0.263. The summed E-state index contributed by atoms with van der Waals surface area (Å²) in [4.78, 5) is 12.2. The van der Waals surface area contributed by atoms with Gasteiger partial charge in [0.1, 0.15) is 11.5 Å². The van der Waals surface area contributed by atoms with E-state index in [1.807, 2.05) is 6.92 Å². The van der Waals surface area contributed by atoms with Crippen molar-refractivity contribution in [1.29, 1.82) is 0 Å². The summed E-state index contributed by atoms with van der Waals surface area (Å²) >= 11 is 0. The van der Waals surface area contributed by atoms with Gasteiger partial charge in [-0.2, -0.15) is 5.10 Å². The monoisotopic (exact) mass is 358 g/mol. The summed E-state index contributed by atoms with van der Waals surface area (Å²) in [6.45, 7) is 2.58. The number of phenolic OH excluding ortho intramolecular Hbond substituents is 1. The summed E-state index contributed by atoms with van der Waals surface area (Å²) in [5.74, 6) is 1.16. The van der Waals surface area contributed by atoms with Crippen molar-refractivity contribution in [1.82, 2.24) is 5.43 Å². The average molecular weight is 358 g/mol. The Balaban J connectivity index is 2.02. The number of carbonyl (C=O) groups is 1. The van der Waals surface area contributed by atoms with E-state index in [-0.39, 0.29) is 5.75 Å². The topological polar surface area (TPSA) is 89.4 Å². The van der Waals surface area contributed by atoms with Gasteiger partial charge in [-0.1, -0.05) is 6.92 Å². The van der Waals surface area contributed by atoms with Gasteiger partial charge in [0.2, 0.25) is 0 Å². The molecule has 0 unspecified atom stereocenters. The molecule has 1 amide bonds. The van der Waals surface area contributed by atoms with Gasteiger partial charge in [-0.25, -0.2) is 5.43 Å². The average Bonchev–Trinajstić information content (AvgIpc) is 2.67. The van der Waals surface area contributed by atoms with Crippen LogP contribution in [-0.2, 0) is 0 Å². The van der Waals surface area contributed by atoms with Gasteiger partial charge in [0.05, 0.1) is 27.0 Å². The third kappa shape index (κ3) is 4.89. The highest BCUT2D eigenvalue weighted by Crippen LogP contribution is 2.27. The first-order valence-corrected chi connectivity index (χ1v) is 8.10. The molecule has 138 valence electrons. The largest absolute Gasteiger partial charge is 0.507 e. The number of hydrogen-bond acceptors (Lipinski definition) is 6. The number of benzene rings is 2. The van der Waals surface area contributed by atoms with Gasteiger partial charge < -0.3 is 19.3 Å². The fourth-order valence-corrected chi connectivity index (χ4v) is 2.14. The van der Waals surface area contributed by atoms with Crippen molar-refractivity contribution in [3.8, 4) is 23.0 Å². The lowest BCUT2D eigenvalue weighted by Gasteiger charge is -2.08. The smallest absolute Gasteiger partial charge is 0.271 e. The van der Waals surface area contributed by atoms with Gasteiger partial charge in [0.25, 0.3) is 5.91 Å². The van der Waals surface area contributed by atoms with E-state index in [1.165, 1.54) is 26.5 Å². The van der Waals surface area contributed by atoms with Gasteiger partial charge in [-0.3, -0.25) is 4.79 Å². The number of nitrogens with zero attached hydrogens (tertiary/aromatic N) is 1. The lowest BCUT2D eigenvalue weighted by atomic mass is 10.2. The molecule has 26 heavy (non-hydrogen) atoms. The van der Waals surface area contributed by atoms with Crippen molar-refractivity contribution in [3.05, 3.63) is 47.5 Å². The number of rotatable bonds is 8. The minimum absolute atomic E-state index is 0.0164. The van der Waals surface area contributed by atoms with E-state index in [1.54, 1.807) is 30.3 Å². The quantitative estimate of drug-likeness (QED) is 0.559. The molecule has 7 nitrogen and oxygen atoms in total. The summed E-state index contributed by atoms with van der Waals surface area (Å²) in [7, 11) is 3.02. The van der Waals surface area contributed by atoms with Crippen LogP contribution in [0, 0.1) is 0 Å². The predicted molar refractivity (Wildman–Crippen MR) is 98.5 cm³/mol. The fourth-order valence-electron chi connectivity index (χ4n) is 2.14. The Hall–Kier alpha value is -3.22. The molecule has 0 saturated heterocycles. The maximum absolute atomic E-state index is 12.2. The van der Waals surface area contributed by atoms with E-state index in [4.69, 9.17) is 14.2 Å². The molecule has 0 saturated carbocycles. The molecule has 0 aliphatic heterocycles. The zero-order valence-corrected chi connectivity index (χ0v) is 15.0. The number of methoxy groups -OCH3 is 2. The lowest BCUT2D eigenvalue weighted by molar-refractivity contribution is 0.0954. The number of aromatic hydroxyl groups is 1. The first kappa shape index (κ1) is 19.1. The predicted octanol–water partition coefficient (Wildman–Crippen LogP) is 2.96. The van der Waals surface area contributed by atoms with E-state index in [9.17, 15) is 9.90 Å². The second-order valence-corrected chi connectivity index (χ2v) is 5.34. The van der Waals surface area contributed by atoms with Crippen LogP contribution in [0.1, 0.15) is 29.3 Å². The number of phenols is 1. The van der Waals surface area contributed by atoms with Gasteiger partial charge in [0, 0.05) is 17.2 Å². The third-order valence-electron chi connectivity index (χ3n) is 3.49. The Morgan fingerprint density at radius 3 is 2.58 bits per heavy atom. The van der Waals surface area contributed by atoms with Gasteiger partial charge in [-0.05, 0) is 36.8 Å². The van der Waals surface area contributed by atoms with E-state index < -0.39 is 5.91 Å². The number of carbonyl (C=O) groups excluding carboxylic acids is 1. The Labute approximate surface area is 152 Å². The van der Waals surface area contributed by atoms with Crippen LogP contribution < -0.4 is 19.6 Å². The number of amides is 1. The standard InChI is InChI=1S/C19H22N2O5/c1-4-9-26-15-7-5-14(16(22)11-15)12-20-21-19(23)13-6-8-17(24-2)18(10-13)25-3/h5-8,10-12,22H,4,9H2,1-3H3,(H,21,23)/b20-12+. The van der Waals surface area contributed by atoms with Gasteiger partial charge in [-0.15, -0.1) is 0 Å². The first-order valence-electron chi connectivity index (χ1n) is 8.10. The van der Waals surface area contributed by atoms with Crippen LogP contribution in [0.4, 0.5) is 0 Å². The van der Waals surface area contributed by atoms with Crippen molar-refractivity contribution in [2.75, 3.05) is 20.8 Å². The summed E-state index contributed by atoms with van der Waals surface area (Å²) in [5.41, 5.74) is 3.23. The van der Waals surface area contributed by atoms with Crippen LogP contribution >= 0.6 is 0 Å². The number of nitrogens with one attached hydrogen (secondary N) is 1. The second kappa shape index (κ2) is 9.31. The maximum atomic E-state index is 12.2.